The molecule has 0 aromatic heterocycles. The molecule has 0 radical (unpaired) electrons. The van der Waals surface area contributed by atoms with Crippen molar-refractivity contribution in [1.82, 2.24) is 5.32 Å². The minimum absolute atomic E-state index is 0.0585. The number of carbonyl (C=O) groups excluding carboxylic acids is 4. The van der Waals surface area contributed by atoms with Crippen molar-refractivity contribution < 1.29 is 52.3 Å². The van der Waals surface area contributed by atoms with Crippen molar-refractivity contribution in [3.63, 3.8) is 0 Å². The van der Waals surface area contributed by atoms with Crippen molar-refractivity contribution in [2.75, 3.05) is 46.2 Å². The van der Waals surface area contributed by atoms with Gasteiger partial charge in [0.2, 0.25) is 5.91 Å². The molecule has 5 atom stereocenters. The molecule has 0 unspecified atom stereocenters. The maximum absolute atomic E-state index is 11.8. The molecule has 13 nitrogen and oxygen atoms in total. The highest BCUT2D eigenvalue weighted by atomic mass is 16.7. The molecule has 13 heteroatoms. The molecule has 1 aliphatic rings. The molecule has 1 heterocycles. The summed E-state index contributed by atoms with van der Waals surface area (Å²) in [6.45, 7) is 6.28. The summed E-state index contributed by atoms with van der Waals surface area (Å²) < 4.78 is 37.9. The Labute approximate surface area is 192 Å². The summed E-state index contributed by atoms with van der Waals surface area (Å²) in [4.78, 5) is 46.6. The third-order valence-corrected chi connectivity index (χ3v) is 4.22. The van der Waals surface area contributed by atoms with Gasteiger partial charge in [0.25, 0.3) is 0 Å². The van der Waals surface area contributed by atoms with Gasteiger partial charge in [0.05, 0.1) is 33.0 Å². The van der Waals surface area contributed by atoms with Gasteiger partial charge in [-0.15, -0.1) is 0 Å². The molecule has 190 valence electrons. The number of nitrogens with one attached hydrogen (secondary N) is 1. The number of esters is 3. The molecule has 0 saturated carbocycles. The maximum Gasteiger partial charge on any atom is 0.303 e. The van der Waals surface area contributed by atoms with E-state index in [2.05, 4.69) is 5.32 Å². The van der Waals surface area contributed by atoms with Crippen LogP contribution >= 0.6 is 0 Å². The lowest BCUT2D eigenvalue weighted by molar-refractivity contribution is -0.279. The van der Waals surface area contributed by atoms with Crippen molar-refractivity contribution in [2.24, 2.45) is 5.73 Å². The zero-order valence-electron chi connectivity index (χ0n) is 19.4. The molecular formula is C20H34N2O11. The molecule has 3 N–H and O–H groups in total. The van der Waals surface area contributed by atoms with E-state index >= 15 is 0 Å². The van der Waals surface area contributed by atoms with E-state index in [1.54, 1.807) is 0 Å². The number of amides is 1. The van der Waals surface area contributed by atoms with E-state index in [0.717, 1.165) is 6.92 Å². The first-order valence-corrected chi connectivity index (χ1v) is 10.5. The Morgan fingerprint density at radius 2 is 1.39 bits per heavy atom. The normalized spacial score (nSPS) is 24.6. The van der Waals surface area contributed by atoms with E-state index in [-0.39, 0.29) is 19.8 Å². The lowest BCUT2D eigenvalue weighted by Crippen LogP contribution is -2.66. The molecule has 0 aliphatic carbocycles. The van der Waals surface area contributed by atoms with E-state index in [4.69, 9.17) is 38.9 Å². The van der Waals surface area contributed by atoms with E-state index in [1.807, 2.05) is 0 Å². The highest BCUT2D eigenvalue weighted by molar-refractivity contribution is 5.73. The lowest BCUT2D eigenvalue weighted by atomic mass is 9.96. The second-order valence-electron chi connectivity index (χ2n) is 7.10. The summed E-state index contributed by atoms with van der Waals surface area (Å²) in [6.07, 6.45) is -4.48. The van der Waals surface area contributed by atoms with Crippen LogP contribution in [0.2, 0.25) is 0 Å². The average Bonchev–Trinajstić information content (AvgIpc) is 2.71. The van der Waals surface area contributed by atoms with Gasteiger partial charge >= 0.3 is 17.9 Å². The highest BCUT2D eigenvalue weighted by Gasteiger charge is 2.51. The van der Waals surface area contributed by atoms with Gasteiger partial charge in [0.1, 0.15) is 18.8 Å². The first-order valence-electron chi connectivity index (χ1n) is 10.5. The molecule has 1 rings (SSSR count). The molecule has 1 amide bonds. The zero-order chi connectivity index (χ0) is 24.8. The van der Waals surface area contributed by atoms with Crippen molar-refractivity contribution >= 4 is 23.8 Å². The summed E-state index contributed by atoms with van der Waals surface area (Å²) in [5.74, 6) is -2.40. The Bertz CT molecular complexity index is 646. The fourth-order valence-corrected chi connectivity index (χ4v) is 3.06. The number of carbonyl (C=O) groups is 4. The van der Waals surface area contributed by atoms with Crippen LogP contribution in [0.1, 0.15) is 27.7 Å². The van der Waals surface area contributed by atoms with Crippen molar-refractivity contribution in [3.8, 4) is 0 Å². The zero-order valence-corrected chi connectivity index (χ0v) is 19.4. The predicted octanol–water partition coefficient (Wildman–Crippen LogP) is -1.35. The molecule has 0 bridgehead atoms. The fraction of sp³-hybridized carbons (Fsp3) is 0.800. The van der Waals surface area contributed by atoms with Gasteiger partial charge in [0.15, 0.2) is 18.5 Å². The summed E-state index contributed by atoms with van der Waals surface area (Å²) in [5, 5.41) is 2.61. The average molecular weight is 478 g/mol. The molecule has 1 fully saturated rings. The van der Waals surface area contributed by atoms with Crippen LogP contribution in [0.15, 0.2) is 0 Å². The van der Waals surface area contributed by atoms with Crippen LogP contribution in [-0.2, 0) is 52.3 Å². The largest absolute Gasteiger partial charge is 0.463 e. The SMILES string of the molecule is CC(=O)N[C@@H]1[C@@H](OCCOCCOCCN)O[C@@H](COC(C)=O)[C@@H](OC(C)=O)[C@@H]1OC(C)=O. The van der Waals surface area contributed by atoms with Gasteiger partial charge in [-0.3, -0.25) is 19.2 Å². The maximum atomic E-state index is 11.8. The number of nitrogens with two attached hydrogens (primary N) is 1. The predicted molar refractivity (Wildman–Crippen MR) is 111 cm³/mol. The number of ether oxygens (including phenoxy) is 7. The third kappa shape index (κ3) is 11.4. The molecule has 33 heavy (non-hydrogen) atoms. The second-order valence-corrected chi connectivity index (χ2v) is 7.10. The summed E-state index contributed by atoms with van der Waals surface area (Å²) in [5.41, 5.74) is 5.33. The van der Waals surface area contributed by atoms with Gasteiger partial charge in [-0.25, -0.2) is 0 Å². The van der Waals surface area contributed by atoms with Crippen LogP contribution in [0.5, 0.6) is 0 Å². The van der Waals surface area contributed by atoms with Gasteiger partial charge in [-0.1, -0.05) is 0 Å². The fourth-order valence-electron chi connectivity index (χ4n) is 3.06. The Balaban J connectivity index is 2.95. The first-order chi connectivity index (χ1) is 15.6. The van der Waals surface area contributed by atoms with E-state index in [9.17, 15) is 19.2 Å². The molecule has 0 spiro atoms. The third-order valence-electron chi connectivity index (χ3n) is 4.22. The van der Waals surface area contributed by atoms with Crippen LogP contribution in [0.4, 0.5) is 0 Å². The highest BCUT2D eigenvalue weighted by Crippen LogP contribution is 2.28. The molecule has 1 saturated heterocycles. The Kier molecular flexibility index (Phi) is 13.5. The van der Waals surface area contributed by atoms with Crippen LogP contribution in [-0.4, -0.2) is 101 Å². The lowest BCUT2D eigenvalue weighted by Gasteiger charge is -2.44. The first kappa shape index (κ1) is 28.7. The van der Waals surface area contributed by atoms with Crippen LogP contribution in [0, 0.1) is 0 Å². The van der Waals surface area contributed by atoms with E-state index in [1.165, 1.54) is 20.8 Å². The van der Waals surface area contributed by atoms with Gasteiger partial charge in [0, 0.05) is 34.2 Å². The monoisotopic (exact) mass is 478 g/mol. The molecule has 0 aromatic carbocycles. The topological polar surface area (TPSA) is 171 Å². The van der Waals surface area contributed by atoms with E-state index in [0.29, 0.717) is 26.4 Å². The summed E-state index contributed by atoms with van der Waals surface area (Å²) >= 11 is 0. The van der Waals surface area contributed by atoms with Crippen LogP contribution < -0.4 is 11.1 Å². The molecule has 0 aromatic rings. The van der Waals surface area contributed by atoms with Crippen LogP contribution in [0.25, 0.3) is 0 Å². The Morgan fingerprint density at radius 1 is 0.818 bits per heavy atom. The van der Waals surface area contributed by atoms with Crippen LogP contribution in [0.3, 0.4) is 0 Å². The minimum Gasteiger partial charge on any atom is -0.463 e. The van der Waals surface area contributed by atoms with Crippen molar-refractivity contribution in [3.05, 3.63) is 0 Å². The number of hydrogen-bond donors (Lipinski definition) is 2. The van der Waals surface area contributed by atoms with Gasteiger partial charge in [-0.2, -0.15) is 0 Å². The summed E-state index contributed by atoms with van der Waals surface area (Å²) in [7, 11) is 0. The number of hydrogen-bond acceptors (Lipinski definition) is 12. The smallest absolute Gasteiger partial charge is 0.303 e. The van der Waals surface area contributed by atoms with Crippen molar-refractivity contribution in [2.45, 2.75) is 58.3 Å². The van der Waals surface area contributed by atoms with Crippen molar-refractivity contribution in [1.29, 1.82) is 0 Å². The Morgan fingerprint density at radius 3 is 1.94 bits per heavy atom. The van der Waals surface area contributed by atoms with Gasteiger partial charge < -0.3 is 44.2 Å². The minimum atomic E-state index is -1.17. The quantitative estimate of drug-likeness (QED) is 0.171. The van der Waals surface area contributed by atoms with E-state index < -0.39 is 54.5 Å². The standard InChI is InChI=1S/C20H34N2O11/c1-12(23)22-17-19(32-15(4)26)18(31-14(3)25)16(11-30-13(2)24)33-20(17)29-10-9-28-8-7-27-6-5-21/h16-20H,5-11,21H2,1-4H3,(H,22,23)/t16-,17-,18+,19+,20-/m0/s1. The summed E-state index contributed by atoms with van der Waals surface area (Å²) in [6, 6.07) is -1.02. The van der Waals surface area contributed by atoms with Gasteiger partial charge in [-0.05, 0) is 0 Å². The number of rotatable bonds is 14. The molecular weight excluding hydrogens is 444 g/mol. The molecule has 1 aliphatic heterocycles. The second kappa shape index (κ2) is 15.5. The Hall–Kier alpha value is -2.32.